The number of hydrogen-bond donors (Lipinski definition) is 1. The molecule has 4 aromatic rings. The predicted molar refractivity (Wildman–Crippen MR) is 121 cm³/mol. The molecular weight excluding hydrogens is 408 g/mol. The van der Waals surface area contributed by atoms with Gasteiger partial charge in [0, 0.05) is 11.3 Å². The Morgan fingerprint density at radius 3 is 2.45 bits per heavy atom. The fourth-order valence-electron chi connectivity index (χ4n) is 3.74. The molecule has 0 saturated heterocycles. The first-order valence-electron chi connectivity index (χ1n) is 9.96. The molecule has 1 N–H and O–H groups in total. The normalized spacial score (nSPS) is 16.5. The van der Waals surface area contributed by atoms with Crippen molar-refractivity contribution in [2.75, 3.05) is 0 Å². The van der Waals surface area contributed by atoms with Crippen LogP contribution < -0.4 is 5.32 Å². The second kappa shape index (κ2) is 8.20. The van der Waals surface area contributed by atoms with E-state index in [9.17, 15) is 0 Å². The lowest BCUT2D eigenvalue weighted by atomic mass is 9.95. The predicted octanol–water partition coefficient (Wildman–Crippen LogP) is 5.19. The second-order valence-corrected chi connectivity index (χ2v) is 7.63. The average molecular weight is 429 g/mol. The van der Waals surface area contributed by atoms with Crippen LogP contribution in [0.1, 0.15) is 30.2 Å². The number of rotatable bonds is 5. The van der Waals surface area contributed by atoms with E-state index >= 15 is 0 Å². The number of furan rings is 1. The molecular formula is C24H20N4O2S. The third-order valence-electron chi connectivity index (χ3n) is 5.31. The smallest absolute Gasteiger partial charge is 0.258 e. The van der Waals surface area contributed by atoms with E-state index in [0.717, 1.165) is 28.2 Å². The topological polar surface area (TPSA) is 67.3 Å². The Hall–Kier alpha value is -3.71. The highest BCUT2D eigenvalue weighted by atomic mass is 32.1. The monoisotopic (exact) mass is 428 g/mol. The summed E-state index contributed by atoms with van der Waals surface area (Å²) in [6.07, 6.45) is 1.66. The Morgan fingerprint density at radius 2 is 1.74 bits per heavy atom. The second-order valence-electron chi connectivity index (χ2n) is 7.25. The molecule has 7 heteroatoms. The molecule has 0 radical (unpaired) electrons. The summed E-state index contributed by atoms with van der Waals surface area (Å²) >= 11 is 5.71. The molecule has 0 amide bonds. The van der Waals surface area contributed by atoms with Gasteiger partial charge in [0.05, 0.1) is 24.4 Å². The van der Waals surface area contributed by atoms with Gasteiger partial charge >= 0.3 is 0 Å². The summed E-state index contributed by atoms with van der Waals surface area (Å²) in [6.45, 7) is 2.53. The third-order valence-corrected chi connectivity index (χ3v) is 5.65. The molecule has 154 valence electrons. The van der Waals surface area contributed by atoms with Crippen LogP contribution in [0.15, 0.2) is 93.7 Å². The number of allylic oxidation sites excluding steroid dienone is 1. The Morgan fingerprint density at radius 1 is 1.00 bits per heavy atom. The van der Waals surface area contributed by atoms with E-state index in [1.165, 1.54) is 0 Å². The Bertz CT molecular complexity index is 1220. The van der Waals surface area contributed by atoms with Crippen molar-refractivity contribution in [3.63, 3.8) is 0 Å². The molecule has 1 aliphatic heterocycles. The average Bonchev–Trinajstić information content (AvgIpc) is 3.50. The summed E-state index contributed by atoms with van der Waals surface area (Å²) < 4.78 is 11.3. The maximum absolute atomic E-state index is 5.75. The van der Waals surface area contributed by atoms with Crippen molar-refractivity contribution in [3.8, 4) is 11.4 Å². The molecule has 2 aromatic carbocycles. The van der Waals surface area contributed by atoms with E-state index in [1.54, 1.807) is 6.26 Å². The highest BCUT2D eigenvalue weighted by molar-refractivity contribution is 7.80. The summed E-state index contributed by atoms with van der Waals surface area (Å²) in [5.74, 6) is 1.83. The van der Waals surface area contributed by atoms with Gasteiger partial charge in [0.15, 0.2) is 5.11 Å². The first-order chi connectivity index (χ1) is 15.2. The van der Waals surface area contributed by atoms with Gasteiger partial charge in [-0.25, -0.2) is 0 Å². The standard InChI is InChI=1S/C24H20N4O2S/c1-16-20(23-26-22(27-30-23)18-11-6-3-7-12-18)21(17-9-4-2-5-10-17)25-24(31)28(16)15-19-13-8-14-29-19/h2-14,21H,15H2,1H3,(H,25,31). The van der Waals surface area contributed by atoms with Crippen LogP contribution in [-0.2, 0) is 6.54 Å². The molecule has 3 heterocycles. The van der Waals surface area contributed by atoms with E-state index in [1.807, 2.05) is 72.5 Å². The largest absolute Gasteiger partial charge is 0.467 e. The number of thiocarbonyl (C=S) groups is 1. The minimum absolute atomic E-state index is 0.203. The van der Waals surface area contributed by atoms with Gasteiger partial charge in [-0.05, 0) is 36.8 Å². The van der Waals surface area contributed by atoms with Gasteiger partial charge in [-0.1, -0.05) is 65.8 Å². The van der Waals surface area contributed by atoms with Crippen LogP contribution in [0.25, 0.3) is 17.0 Å². The molecule has 0 aliphatic carbocycles. The lowest BCUT2D eigenvalue weighted by Crippen LogP contribution is -2.45. The van der Waals surface area contributed by atoms with E-state index in [-0.39, 0.29) is 6.04 Å². The van der Waals surface area contributed by atoms with Crippen LogP contribution in [0.3, 0.4) is 0 Å². The van der Waals surface area contributed by atoms with Crippen molar-refractivity contribution < 1.29 is 8.94 Å². The van der Waals surface area contributed by atoms with Gasteiger partial charge in [0.2, 0.25) is 5.82 Å². The van der Waals surface area contributed by atoms with Gasteiger partial charge in [-0.2, -0.15) is 4.98 Å². The van der Waals surface area contributed by atoms with E-state index in [0.29, 0.717) is 23.4 Å². The molecule has 0 spiro atoms. The third kappa shape index (κ3) is 3.75. The minimum Gasteiger partial charge on any atom is -0.467 e. The lowest BCUT2D eigenvalue weighted by Gasteiger charge is -2.37. The quantitative estimate of drug-likeness (QED) is 0.439. The molecule has 6 nitrogen and oxygen atoms in total. The molecule has 0 fully saturated rings. The van der Waals surface area contributed by atoms with Gasteiger partial charge in [-0.3, -0.25) is 0 Å². The zero-order chi connectivity index (χ0) is 21.2. The highest BCUT2D eigenvalue weighted by Gasteiger charge is 2.34. The van der Waals surface area contributed by atoms with Crippen LogP contribution in [0.5, 0.6) is 0 Å². The summed E-state index contributed by atoms with van der Waals surface area (Å²) in [6, 6.07) is 23.5. The van der Waals surface area contributed by atoms with Gasteiger partial charge < -0.3 is 19.2 Å². The zero-order valence-corrected chi connectivity index (χ0v) is 17.7. The fourth-order valence-corrected chi connectivity index (χ4v) is 4.06. The van der Waals surface area contributed by atoms with Crippen LogP contribution in [0, 0.1) is 0 Å². The SMILES string of the molecule is CC1=C(c2nc(-c3ccccc3)no2)C(c2ccccc2)NC(=S)N1Cc1ccco1. The highest BCUT2D eigenvalue weighted by Crippen LogP contribution is 2.37. The zero-order valence-electron chi connectivity index (χ0n) is 16.9. The first-order valence-corrected chi connectivity index (χ1v) is 10.4. The summed E-state index contributed by atoms with van der Waals surface area (Å²) in [5, 5.41) is 8.30. The molecule has 31 heavy (non-hydrogen) atoms. The van der Waals surface area contributed by atoms with E-state index in [2.05, 4.69) is 22.6 Å². The summed E-state index contributed by atoms with van der Waals surface area (Å²) in [5.41, 5.74) is 3.80. The first kappa shape index (κ1) is 19.3. The molecule has 0 saturated carbocycles. The maximum atomic E-state index is 5.75. The number of hydrogen-bond acceptors (Lipinski definition) is 5. The Balaban J connectivity index is 1.60. The number of nitrogens with one attached hydrogen (secondary N) is 1. The maximum Gasteiger partial charge on any atom is 0.258 e. The van der Waals surface area contributed by atoms with Crippen molar-refractivity contribution in [2.45, 2.75) is 19.5 Å². The molecule has 1 atom stereocenters. The van der Waals surface area contributed by atoms with Crippen LogP contribution in [0.2, 0.25) is 0 Å². The van der Waals surface area contributed by atoms with Crippen molar-refractivity contribution in [3.05, 3.63) is 102 Å². The number of benzene rings is 2. The van der Waals surface area contributed by atoms with E-state index < -0.39 is 0 Å². The fraction of sp³-hybridized carbons (Fsp3) is 0.125. The van der Waals surface area contributed by atoms with Crippen molar-refractivity contribution >= 4 is 22.9 Å². The van der Waals surface area contributed by atoms with Crippen molar-refractivity contribution in [2.24, 2.45) is 0 Å². The van der Waals surface area contributed by atoms with Gasteiger partial charge in [-0.15, -0.1) is 0 Å². The molecule has 5 rings (SSSR count). The number of aromatic nitrogens is 2. The molecule has 1 unspecified atom stereocenters. The Kier molecular flexibility index (Phi) is 5.09. The van der Waals surface area contributed by atoms with Crippen molar-refractivity contribution in [1.82, 2.24) is 20.4 Å². The minimum atomic E-state index is -0.203. The summed E-state index contributed by atoms with van der Waals surface area (Å²) in [4.78, 5) is 6.71. The molecule has 1 aliphatic rings. The molecule has 2 aromatic heterocycles. The van der Waals surface area contributed by atoms with E-state index in [4.69, 9.17) is 26.1 Å². The van der Waals surface area contributed by atoms with Crippen LogP contribution in [0.4, 0.5) is 0 Å². The van der Waals surface area contributed by atoms with Gasteiger partial charge in [0.1, 0.15) is 5.76 Å². The number of nitrogens with zero attached hydrogens (tertiary/aromatic N) is 3. The van der Waals surface area contributed by atoms with Crippen LogP contribution in [-0.4, -0.2) is 20.2 Å². The summed E-state index contributed by atoms with van der Waals surface area (Å²) in [7, 11) is 0. The Labute approximate surface area is 185 Å². The van der Waals surface area contributed by atoms with Gasteiger partial charge in [0.25, 0.3) is 5.89 Å². The molecule has 0 bridgehead atoms. The lowest BCUT2D eigenvalue weighted by molar-refractivity contribution is 0.382. The van der Waals surface area contributed by atoms with Crippen molar-refractivity contribution in [1.29, 1.82) is 0 Å². The van der Waals surface area contributed by atoms with Crippen LogP contribution >= 0.6 is 12.2 Å².